The maximum absolute atomic E-state index is 12.5. The van der Waals surface area contributed by atoms with Crippen LogP contribution in [0.25, 0.3) is 0 Å². The van der Waals surface area contributed by atoms with Gasteiger partial charge in [-0.1, -0.05) is 0 Å². The van der Waals surface area contributed by atoms with Crippen LogP contribution in [0.4, 0.5) is 10.6 Å². The summed E-state index contributed by atoms with van der Waals surface area (Å²) >= 11 is 0. The van der Waals surface area contributed by atoms with Gasteiger partial charge in [-0.2, -0.15) is 10.2 Å². The molecule has 1 aliphatic rings. The van der Waals surface area contributed by atoms with Crippen molar-refractivity contribution >= 4 is 11.8 Å². The van der Waals surface area contributed by atoms with Crippen LogP contribution in [0.3, 0.4) is 0 Å². The van der Waals surface area contributed by atoms with Gasteiger partial charge in [-0.25, -0.2) is 4.79 Å². The summed E-state index contributed by atoms with van der Waals surface area (Å²) < 4.78 is 1.83. The second-order valence-electron chi connectivity index (χ2n) is 5.12. The molecular weight excluding hydrogens is 268 g/mol. The number of carbonyl (C=O) groups is 1. The topological polar surface area (TPSA) is 75.9 Å². The van der Waals surface area contributed by atoms with Gasteiger partial charge in [-0.3, -0.25) is 10.00 Å². The Kier molecular flexibility index (Phi) is 3.81. The number of likely N-dealkylation sites (tertiary alicyclic amines) is 1. The first-order valence-electron chi connectivity index (χ1n) is 7.09. The molecule has 1 aliphatic heterocycles. The van der Waals surface area contributed by atoms with Crippen molar-refractivity contribution in [2.24, 2.45) is 7.05 Å². The number of hydrogen-bond acceptors (Lipinski definition) is 4. The van der Waals surface area contributed by atoms with Crippen molar-refractivity contribution in [3.63, 3.8) is 0 Å². The van der Waals surface area contributed by atoms with Crippen LogP contribution in [-0.4, -0.2) is 37.5 Å². The minimum atomic E-state index is -0.138. The first kappa shape index (κ1) is 13.5. The van der Waals surface area contributed by atoms with Crippen molar-refractivity contribution in [1.29, 1.82) is 0 Å². The second-order valence-corrected chi connectivity index (χ2v) is 5.12. The SMILES string of the molecule is Cn1nccc1[C@H]1CCCCN1C(=O)Nc1cccnn1. The van der Waals surface area contributed by atoms with Crippen LogP contribution in [0.5, 0.6) is 0 Å². The van der Waals surface area contributed by atoms with Crippen LogP contribution in [0.2, 0.25) is 0 Å². The summed E-state index contributed by atoms with van der Waals surface area (Å²) in [6, 6.07) is 5.37. The molecule has 21 heavy (non-hydrogen) atoms. The number of piperidine rings is 1. The Morgan fingerprint density at radius 1 is 1.33 bits per heavy atom. The average Bonchev–Trinajstić information content (AvgIpc) is 2.94. The molecule has 0 aromatic carbocycles. The first-order chi connectivity index (χ1) is 10.3. The van der Waals surface area contributed by atoms with Crippen LogP contribution in [0.15, 0.2) is 30.6 Å². The van der Waals surface area contributed by atoms with Crippen LogP contribution < -0.4 is 5.32 Å². The lowest BCUT2D eigenvalue weighted by Crippen LogP contribution is -2.42. The average molecular weight is 286 g/mol. The zero-order chi connectivity index (χ0) is 14.7. The third kappa shape index (κ3) is 2.86. The van der Waals surface area contributed by atoms with Crippen molar-refractivity contribution in [1.82, 2.24) is 24.9 Å². The number of anilines is 1. The molecule has 3 heterocycles. The van der Waals surface area contributed by atoms with Crippen LogP contribution in [-0.2, 0) is 7.05 Å². The highest BCUT2D eigenvalue weighted by atomic mass is 16.2. The Bertz CT molecular complexity index is 611. The summed E-state index contributed by atoms with van der Waals surface area (Å²) in [6.45, 7) is 0.738. The molecule has 3 rings (SSSR count). The molecule has 110 valence electrons. The summed E-state index contributed by atoms with van der Waals surface area (Å²) in [7, 11) is 1.91. The molecule has 1 N–H and O–H groups in total. The van der Waals surface area contributed by atoms with Gasteiger partial charge in [0, 0.05) is 26.0 Å². The summed E-state index contributed by atoms with van der Waals surface area (Å²) in [6.07, 6.45) is 6.43. The Morgan fingerprint density at radius 2 is 2.24 bits per heavy atom. The highest BCUT2D eigenvalue weighted by molar-refractivity contribution is 5.88. The molecule has 1 saturated heterocycles. The van der Waals surface area contributed by atoms with Crippen LogP contribution in [0.1, 0.15) is 31.0 Å². The number of hydrogen-bond donors (Lipinski definition) is 1. The summed E-state index contributed by atoms with van der Waals surface area (Å²) in [5.41, 5.74) is 1.06. The maximum Gasteiger partial charge on any atom is 0.323 e. The molecule has 0 spiro atoms. The molecule has 2 aromatic rings. The van der Waals surface area contributed by atoms with E-state index in [9.17, 15) is 4.79 Å². The summed E-state index contributed by atoms with van der Waals surface area (Å²) in [5, 5.41) is 14.7. The van der Waals surface area contributed by atoms with E-state index < -0.39 is 0 Å². The fraction of sp³-hybridized carbons (Fsp3) is 0.429. The predicted molar refractivity (Wildman–Crippen MR) is 77.6 cm³/mol. The van der Waals surface area contributed by atoms with Crippen LogP contribution in [0, 0.1) is 0 Å². The summed E-state index contributed by atoms with van der Waals surface area (Å²) in [4.78, 5) is 14.4. The molecule has 0 saturated carbocycles. The van der Waals surface area contributed by atoms with E-state index in [4.69, 9.17) is 0 Å². The first-order valence-corrected chi connectivity index (χ1v) is 7.09. The van der Waals surface area contributed by atoms with Gasteiger partial charge < -0.3 is 4.90 Å². The van der Waals surface area contributed by atoms with E-state index in [1.54, 1.807) is 24.5 Å². The number of aryl methyl sites for hydroxylation is 1. The van der Waals surface area contributed by atoms with Gasteiger partial charge >= 0.3 is 6.03 Å². The molecule has 7 heteroatoms. The third-order valence-corrected chi connectivity index (χ3v) is 3.77. The number of urea groups is 1. The largest absolute Gasteiger partial charge is 0.323 e. The Labute approximate surface area is 123 Å². The van der Waals surface area contributed by atoms with Gasteiger partial charge in [0.25, 0.3) is 0 Å². The van der Waals surface area contributed by atoms with Crippen molar-refractivity contribution in [3.8, 4) is 0 Å². The van der Waals surface area contributed by atoms with Crippen LogP contribution >= 0.6 is 0 Å². The third-order valence-electron chi connectivity index (χ3n) is 3.77. The number of nitrogens with zero attached hydrogens (tertiary/aromatic N) is 5. The molecule has 1 atom stereocenters. The normalized spacial score (nSPS) is 18.5. The molecule has 0 bridgehead atoms. The molecule has 2 amide bonds. The van der Waals surface area contributed by atoms with E-state index in [1.807, 2.05) is 22.7 Å². The highest BCUT2D eigenvalue weighted by Gasteiger charge is 2.29. The zero-order valence-electron chi connectivity index (χ0n) is 11.9. The molecule has 1 fully saturated rings. The fourth-order valence-electron chi connectivity index (χ4n) is 2.74. The minimum Gasteiger partial charge on any atom is -0.316 e. The Hall–Kier alpha value is -2.44. The standard InChI is InChI=1S/C14H18N6O/c1-19-11(7-9-16-19)12-5-2-3-10-20(12)14(21)17-13-6-4-8-15-18-13/h4,6-9,12H,2-3,5,10H2,1H3,(H,17,18,21)/t12-/m1/s1. The molecule has 7 nitrogen and oxygen atoms in total. The van der Waals surface area contributed by atoms with E-state index in [0.29, 0.717) is 5.82 Å². The van der Waals surface area contributed by atoms with Crippen molar-refractivity contribution in [2.75, 3.05) is 11.9 Å². The molecule has 0 radical (unpaired) electrons. The molecular formula is C14H18N6O. The maximum atomic E-state index is 12.5. The molecule has 0 unspecified atom stereocenters. The summed E-state index contributed by atoms with van der Waals surface area (Å²) in [5.74, 6) is 0.469. The van der Waals surface area contributed by atoms with Gasteiger partial charge in [0.05, 0.1) is 11.7 Å². The number of amides is 2. The molecule has 2 aromatic heterocycles. The molecule has 0 aliphatic carbocycles. The minimum absolute atomic E-state index is 0.0583. The lowest BCUT2D eigenvalue weighted by atomic mass is 10.00. The van der Waals surface area contributed by atoms with Gasteiger partial charge in [0.2, 0.25) is 0 Å². The lowest BCUT2D eigenvalue weighted by molar-refractivity contribution is 0.159. The monoisotopic (exact) mass is 286 g/mol. The second kappa shape index (κ2) is 5.90. The van der Waals surface area contributed by atoms with Gasteiger partial charge in [0.15, 0.2) is 5.82 Å². The van der Waals surface area contributed by atoms with Crippen molar-refractivity contribution < 1.29 is 4.79 Å². The fourth-order valence-corrected chi connectivity index (χ4v) is 2.74. The number of aromatic nitrogens is 4. The zero-order valence-corrected chi connectivity index (χ0v) is 11.9. The smallest absolute Gasteiger partial charge is 0.316 e. The Morgan fingerprint density at radius 3 is 2.95 bits per heavy atom. The van der Waals surface area contributed by atoms with E-state index in [1.165, 1.54) is 0 Å². The number of rotatable bonds is 2. The van der Waals surface area contributed by atoms with Crippen molar-refractivity contribution in [3.05, 3.63) is 36.3 Å². The van der Waals surface area contributed by atoms with E-state index in [2.05, 4.69) is 20.6 Å². The van der Waals surface area contributed by atoms with E-state index in [0.717, 1.165) is 31.5 Å². The number of carbonyl (C=O) groups excluding carboxylic acids is 1. The van der Waals surface area contributed by atoms with Crippen molar-refractivity contribution in [2.45, 2.75) is 25.3 Å². The Balaban J connectivity index is 1.78. The van der Waals surface area contributed by atoms with E-state index >= 15 is 0 Å². The van der Waals surface area contributed by atoms with E-state index in [-0.39, 0.29) is 12.1 Å². The quantitative estimate of drug-likeness (QED) is 0.915. The van der Waals surface area contributed by atoms with Gasteiger partial charge in [0.1, 0.15) is 0 Å². The predicted octanol–water partition coefficient (Wildman–Crippen LogP) is 1.97. The lowest BCUT2D eigenvalue weighted by Gasteiger charge is -2.35. The van der Waals surface area contributed by atoms with Gasteiger partial charge in [-0.15, -0.1) is 5.10 Å². The van der Waals surface area contributed by atoms with Gasteiger partial charge in [-0.05, 0) is 37.5 Å². The highest BCUT2D eigenvalue weighted by Crippen LogP contribution is 2.30. The number of nitrogens with one attached hydrogen (secondary N) is 1.